The summed E-state index contributed by atoms with van der Waals surface area (Å²) in [6.45, 7) is -0.0771. The quantitative estimate of drug-likeness (QED) is 0.688. The van der Waals surface area contributed by atoms with Gasteiger partial charge in [0.1, 0.15) is 12.4 Å². The number of ether oxygens (including phenoxy) is 1. The minimum atomic E-state index is -0.469. The molecule has 100 valence electrons. The van der Waals surface area contributed by atoms with E-state index in [1.165, 1.54) is 17.4 Å². The van der Waals surface area contributed by atoms with Crippen molar-refractivity contribution in [1.29, 1.82) is 0 Å². The van der Waals surface area contributed by atoms with Crippen LogP contribution in [0.2, 0.25) is 0 Å². The summed E-state index contributed by atoms with van der Waals surface area (Å²) < 4.78 is 19.5. The van der Waals surface area contributed by atoms with Gasteiger partial charge in [0.05, 0.1) is 21.3 Å². The molecule has 3 rings (SSSR count). The van der Waals surface area contributed by atoms with Crippen molar-refractivity contribution in [2.45, 2.75) is 6.61 Å². The highest BCUT2D eigenvalue weighted by Crippen LogP contribution is 2.20. The molecule has 20 heavy (non-hydrogen) atoms. The summed E-state index contributed by atoms with van der Waals surface area (Å²) in [6, 6.07) is 11.4. The van der Waals surface area contributed by atoms with Crippen LogP contribution >= 0.6 is 11.3 Å². The molecular weight excluding hydrogens is 277 g/mol. The van der Waals surface area contributed by atoms with E-state index < -0.39 is 5.97 Å². The number of rotatable bonds is 3. The third-order valence-electron chi connectivity index (χ3n) is 2.88. The maximum Gasteiger partial charge on any atom is 0.338 e. The van der Waals surface area contributed by atoms with Gasteiger partial charge in [0.15, 0.2) is 0 Å². The Labute approximate surface area is 118 Å². The first-order valence-corrected chi connectivity index (χ1v) is 6.86. The lowest BCUT2D eigenvalue weighted by Crippen LogP contribution is -2.06. The highest BCUT2D eigenvalue weighted by Gasteiger charge is 2.10. The Morgan fingerprint density at radius 2 is 2.10 bits per heavy atom. The Balaban J connectivity index is 1.74. The molecule has 5 heteroatoms. The number of hydrogen-bond acceptors (Lipinski definition) is 4. The first kappa shape index (κ1) is 12.7. The highest BCUT2D eigenvalue weighted by molar-refractivity contribution is 7.16. The van der Waals surface area contributed by atoms with Crippen molar-refractivity contribution >= 4 is 27.5 Å². The molecule has 0 aliphatic carbocycles. The van der Waals surface area contributed by atoms with Crippen LogP contribution < -0.4 is 0 Å². The van der Waals surface area contributed by atoms with Crippen molar-refractivity contribution in [2.75, 3.05) is 0 Å². The van der Waals surface area contributed by atoms with Gasteiger partial charge in [-0.2, -0.15) is 0 Å². The Bertz CT molecular complexity index is 769. The van der Waals surface area contributed by atoms with Gasteiger partial charge in [-0.15, -0.1) is 11.3 Å². The van der Waals surface area contributed by atoms with Gasteiger partial charge >= 0.3 is 5.97 Å². The van der Waals surface area contributed by atoms with Gasteiger partial charge in [-0.1, -0.05) is 18.2 Å². The molecule has 0 aliphatic heterocycles. The Morgan fingerprint density at radius 3 is 2.95 bits per heavy atom. The van der Waals surface area contributed by atoms with E-state index in [1.807, 2.05) is 0 Å². The van der Waals surface area contributed by atoms with E-state index in [-0.39, 0.29) is 12.4 Å². The van der Waals surface area contributed by atoms with E-state index in [4.69, 9.17) is 4.74 Å². The number of nitrogens with zero attached hydrogens (tertiary/aromatic N) is 1. The lowest BCUT2D eigenvalue weighted by Gasteiger charge is -2.05. The third kappa shape index (κ3) is 2.53. The van der Waals surface area contributed by atoms with Gasteiger partial charge in [0, 0.05) is 5.56 Å². The standard InChI is InChI=1S/C15H10FNO2S/c16-12-4-2-1-3-11(12)8-19-15(18)10-5-6-13-14(7-10)20-9-17-13/h1-7,9H,8H2. The van der Waals surface area contributed by atoms with Crippen LogP contribution in [0.15, 0.2) is 48.0 Å². The fraction of sp³-hybridized carbons (Fsp3) is 0.0667. The third-order valence-corrected chi connectivity index (χ3v) is 3.68. The second kappa shape index (κ2) is 5.38. The minimum absolute atomic E-state index is 0.0771. The van der Waals surface area contributed by atoms with Gasteiger partial charge in [-0.3, -0.25) is 0 Å². The number of carbonyl (C=O) groups excluding carboxylic acids is 1. The van der Waals surface area contributed by atoms with Crippen molar-refractivity contribution < 1.29 is 13.9 Å². The van der Waals surface area contributed by atoms with Crippen LogP contribution in [0.25, 0.3) is 10.2 Å². The fourth-order valence-electron chi connectivity index (χ4n) is 1.82. The summed E-state index contributed by atoms with van der Waals surface area (Å²) in [5.74, 6) is -0.846. The molecule has 0 fully saturated rings. The zero-order valence-corrected chi connectivity index (χ0v) is 11.2. The summed E-state index contributed by atoms with van der Waals surface area (Å²) in [4.78, 5) is 16.1. The van der Waals surface area contributed by atoms with Crippen molar-refractivity contribution in [1.82, 2.24) is 4.98 Å². The Hall–Kier alpha value is -2.27. The summed E-state index contributed by atoms with van der Waals surface area (Å²) in [5, 5.41) is 0. The number of hydrogen-bond donors (Lipinski definition) is 0. The molecule has 0 saturated heterocycles. The zero-order valence-electron chi connectivity index (χ0n) is 10.4. The molecule has 0 spiro atoms. The fourth-order valence-corrected chi connectivity index (χ4v) is 2.54. The molecule has 0 amide bonds. The van der Waals surface area contributed by atoms with Crippen molar-refractivity contribution in [2.24, 2.45) is 0 Å². The predicted molar refractivity (Wildman–Crippen MR) is 75.1 cm³/mol. The molecule has 3 nitrogen and oxygen atoms in total. The van der Waals surface area contributed by atoms with E-state index in [0.29, 0.717) is 11.1 Å². The van der Waals surface area contributed by atoms with Crippen LogP contribution in [-0.2, 0) is 11.3 Å². The molecule has 0 bridgehead atoms. The van der Waals surface area contributed by atoms with E-state index in [1.54, 1.807) is 41.9 Å². The average molecular weight is 287 g/mol. The molecule has 0 unspecified atom stereocenters. The van der Waals surface area contributed by atoms with Crippen molar-refractivity contribution in [3.05, 3.63) is 64.9 Å². The SMILES string of the molecule is O=C(OCc1ccccc1F)c1ccc2ncsc2c1. The van der Waals surface area contributed by atoms with Crippen molar-refractivity contribution in [3.63, 3.8) is 0 Å². The van der Waals surface area contributed by atoms with Gasteiger partial charge in [0.25, 0.3) is 0 Å². The minimum Gasteiger partial charge on any atom is -0.457 e. The molecule has 0 N–H and O–H groups in total. The van der Waals surface area contributed by atoms with E-state index in [9.17, 15) is 9.18 Å². The molecule has 3 aromatic rings. The largest absolute Gasteiger partial charge is 0.457 e. The smallest absolute Gasteiger partial charge is 0.338 e. The van der Waals surface area contributed by atoms with Gasteiger partial charge in [0.2, 0.25) is 0 Å². The summed E-state index contributed by atoms with van der Waals surface area (Å²) in [6.07, 6.45) is 0. The molecule has 0 aliphatic rings. The van der Waals surface area contributed by atoms with Crippen LogP contribution in [0.4, 0.5) is 4.39 Å². The number of benzene rings is 2. The molecular formula is C15H10FNO2S. The maximum absolute atomic E-state index is 13.4. The second-order valence-electron chi connectivity index (χ2n) is 4.20. The lowest BCUT2D eigenvalue weighted by atomic mass is 10.2. The molecule has 0 atom stereocenters. The molecule has 2 aromatic carbocycles. The lowest BCUT2D eigenvalue weighted by molar-refractivity contribution is 0.0469. The number of thiazole rings is 1. The van der Waals surface area contributed by atoms with Crippen LogP contribution in [0, 0.1) is 5.82 Å². The molecule has 0 saturated carbocycles. The van der Waals surface area contributed by atoms with Crippen LogP contribution in [0.1, 0.15) is 15.9 Å². The molecule has 1 heterocycles. The van der Waals surface area contributed by atoms with Gasteiger partial charge in [-0.05, 0) is 24.3 Å². The normalized spacial score (nSPS) is 10.7. The Morgan fingerprint density at radius 1 is 1.25 bits per heavy atom. The van der Waals surface area contributed by atoms with E-state index in [0.717, 1.165) is 10.2 Å². The van der Waals surface area contributed by atoms with Crippen LogP contribution in [0.5, 0.6) is 0 Å². The first-order valence-electron chi connectivity index (χ1n) is 5.98. The molecule has 1 aromatic heterocycles. The van der Waals surface area contributed by atoms with Gasteiger partial charge < -0.3 is 4.74 Å². The average Bonchev–Trinajstić information content (AvgIpc) is 2.93. The first-order chi connectivity index (χ1) is 9.74. The van der Waals surface area contributed by atoms with E-state index in [2.05, 4.69) is 4.98 Å². The number of halogens is 1. The summed E-state index contributed by atoms with van der Waals surface area (Å²) in [5.41, 5.74) is 3.37. The monoisotopic (exact) mass is 287 g/mol. The number of carbonyl (C=O) groups is 1. The Kier molecular flexibility index (Phi) is 3.43. The van der Waals surface area contributed by atoms with Crippen LogP contribution in [0.3, 0.4) is 0 Å². The number of fused-ring (bicyclic) bond motifs is 1. The van der Waals surface area contributed by atoms with Crippen molar-refractivity contribution in [3.8, 4) is 0 Å². The molecule has 0 radical (unpaired) electrons. The second-order valence-corrected chi connectivity index (χ2v) is 5.09. The maximum atomic E-state index is 13.4. The summed E-state index contributed by atoms with van der Waals surface area (Å²) >= 11 is 1.46. The predicted octanol–water partition coefficient (Wildman–Crippen LogP) is 3.79. The number of aromatic nitrogens is 1. The zero-order chi connectivity index (χ0) is 13.9. The van der Waals surface area contributed by atoms with E-state index >= 15 is 0 Å². The number of esters is 1. The topological polar surface area (TPSA) is 39.2 Å². The van der Waals surface area contributed by atoms with Crippen LogP contribution in [-0.4, -0.2) is 11.0 Å². The highest BCUT2D eigenvalue weighted by atomic mass is 32.1. The summed E-state index contributed by atoms with van der Waals surface area (Å²) in [7, 11) is 0. The van der Waals surface area contributed by atoms with Gasteiger partial charge in [-0.25, -0.2) is 14.2 Å².